The Morgan fingerprint density at radius 3 is 2.60 bits per heavy atom. The van der Waals surface area contributed by atoms with Crippen molar-refractivity contribution in [1.29, 1.82) is 0 Å². The Morgan fingerprint density at radius 2 is 2.00 bits per heavy atom. The maximum atomic E-state index is 12.7. The normalized spacial score (nSPS) is 26.4. The van der Waals surface area contributed by atoms with Crippen LogP contribution in [0.15, 0.2) is 53.5 Å². The number of sulfonamides is 1. The summed E-state index contributed by atoms with van der Waals surface area (Å²) in [4.78, 5) is 0.378. The number of fused-ring (bicyclic) bond motifs is 1. The highest BCUT2D eigenvalue weighted by Gasteiger charge is 2.46. The lowest BCUT2D eigenvalue weighted by Gasteiger charge is -2.22. The molecular formula is C16H19NO2S. The van der Waals surface area contributed by atoms with Crippen LogP contribution in [0.4, 0.5) is 0 Å². The molecule has 0 bridgehead atoms. The minimum atomic E-state index is -3.40. The van der Waals surface area contributed by atoms with Crippen molar-refractivity contribution in [2.45, 2.75) is 24.7 Å². The lowest BCUT2D eigenvalue weighted by Crippen LogP contribution is -2.31. The van der Waals surface area contributed by atoms with Gasteiger partial charge in [-0.3, -0.25) is 0 Å². The zero-order chi connectivity index (χ0) is 14.4. The van der Waals surface area contributed by atoms with Gasteiger partial charge in [0.2, 0.25) is 10.0 Å². The van der Waals surface area contributed by atoms with Crippen molar-refractivity contribution >= 4 is 10.0 Å². The summed E-state index contributed by atoms with van der Waals surface area (Å²) in [6.45, 7) is 6.90. The van der Waals surface area contributed by atoms with E-state index in [-0.39, 0.29) is 5.41 Å². The number of hydrogen-bond donors (Lipinski definition) is 0. The third-order valence-corrected chi connectivity index (χ3v) is 6.28. The summed E-state index contributed by atoms with van der Waals surface area (Å²) in [6, 6.07) is 7.06. The maximum Gasteiger partial charge on any atom is 0.243 e. The van der Waals surface area contributed by atoms with Gasteiger partial charge in [0.15, 0.2) is 0 Å². The molecule has 0 spiro atoms. The summed E-state index contributed by atoms with van der Waals surface area (Å²) >= 11 is 0. The van der Waals surface area contributed by atoms with E-state index in [1.807, 2.05) is 25.1 Å². The number of hydrogen-bond acceptors (Lipinski definition) is 2. The van der Waals surface area contributed by atoms with E-state index in [0.29, 0.717) is 18.0 Å². The highest BCUT2D eigenvalue weighted by molar-refractivity contribution is 7.89. The van der Waals surface area contributed by atoms with Gasteiger partial charge in [0.25, 0.3) is 0 Å². The molecule has 0 N–H and O–H groups in total. The zero-order valence-electron chi connectivity index (χ0n) is 11.7. The van der Waals surface area contributed by atoms with Crippen LogP contribution in [0.1, 0.15) is 18.4 Å². The molecule has 106 valence electrons. The van der Waals surface area contributed by atoms with Gasteiger partial charge in [0.05, 0.1) is 4.90 Å². The van der Waals surface area contributed by atoms with Crippen LogP contribution in [0.5, 0.6) is 0 Å². The van der Waals surface area contributed by atoms with Crippen molar-refractivity contribution in [3.63, 3.8) is 0 Å². The molecule has 0 saturated carbocycles. The van der Waals surface area contributed by atoms with Crippen LogP contribution < -0.4 is 0 Å². The summed E-state index contributed by atoms with van der Waals surface area (Å²) in [5.74, 6) is 0. The molecular weight excluding hydrogens is 270 g/mol. The summed E-state index contributed by atoms with van der Waals surface area (Å²) in [5, 5.41) is 0. The molecule has 1 heterocycles. The van der Waals surface area contributed by atoms with Gasteiger partial charge in [-0.2, -0.15) is 4.31 Å². The Balaban J connectivity index is 1.94. The van der Waals surface area contributed by atoms with Gasteiger partial charge in [0, 0.05) is 18.5 Å². The van der Waals surface area contributed by atoms with E-state index in [0.717, 1.165) is 18.4 Å². The fourth-order valence-corrected chi connectivity index (χ4v) is 4.65. The third-order valence-electron chi connectivity index (χ3n) is 4.48. The van der Waals surface area contributed by atoms with Gasteiger partial charge in [-0.25, -0.2) is 8.42 Å². The van der Waals surface area contributed by atoms with Gasteiger partial charge in [-0.1, -0.05) is 29.8 Å². The molecule has 20 heavy (non-hydrogen) atoms. The third kappa shape index (κ3) is 1.95. The molecule has 1 aromatic carbocycles. The van der Waals surface area contributed by atoms with Crippen molar-refractivity contribution in [2.75, 3.05) is 13.1 Å². The van der Waals surface area contributed by atoms with Gasteiger partial charge in [-0.15, -0.1) is 6.58 Å². The van der Waals surface area contributed by atoms with Crippen LogP contribution in [0.3, 0.4) is 0 Å². The Morgan fingerprint density at radius 1 is 1.30 bits per heavy atom. The smallest absolute Gasteiger partial charge is 0.207 e. The molecule has 1 fully saturated rings. The van der Waals surface area contributed by atoms with Crippen molar-refractivity contribution in [3.8, 4) is 0 Å². The predicted molar refractivity (Wildman–Crippen MR) is 79.9 cm³/mol. The van der Waals surface area contributed by atoms with E-state index in [2.05, 4.69) is 12.7 Å². The molecule has 0 radical (unpaired) electrons. The van der Waals surface area contributed by atoms with Crippen LogP contribution in [0.25, 0.3) is 0 Å². The number of aryl methyl sites for hydroxylation is 1. The van der Waals surface area contributed by atoms with E-state index in [1.165, 1.54) is 5.57 Å². The van der Waals surface area contributed by atoms with E-state index < -0.39 is 10.0 Å². The summed E-state index contributed by atoms with van der Waals surface area (Å²) < 4.78 is 27.0. The number of nitrogens with zero attached hydrogens (tertiary/aromatic N) is 1. The average Bonchev–Trinajstić information content (AvgIpc) is 2.96. The molecule has 1 unspecified atom stereocenters. The zero-order valence-corrected chi connectivity index (χ0v) is 12.5. The van der Waals surface area contributed by atoms with Crippen molar-refractivity contribution in [2.24, 2.45) is 5.41 Å². The summed E-state index contributed by atoms with van der Waals surface area (Å²) in [7, 11) is -3.40. The number of benzene rings is 1. The van der Waals surface area contributed by atoms with E-state index >= 15 is 0 Å². The largest absolute Gasteiger partial charge is 0.243 e. The van der Waals surface area contributed by atoms with Crippen molar-refractivity contribution in [1.82, 2.24) is 4.31 Å². The highest BCUT2D eigenvalue weighted by atomic mass is 32.2. The molecule has 1 saturated heterocycles. The first-order valence-electron chi connectivity index (χ1n) is 6.88. The molecule has 3 rings (SSSR count). The summed E-state index contributed by atoms with van der Waals surface area (Å²) in [5.41, 5.74) is 2.15. The Kier molecular flexibility index (Phi) is 3.10. The van der Waals surface area contributed by atoms with E-state index in [4.69, 9.17) is 0 Å². The van der Waals surface area contributed by atoms with E-state index in [1.54, 1.807) is 16.4 Å². The molecule has 1 aromatic rings. The van der Waals surface area contributed by atoms with Gasteiger partial charge in [-0.05, 0) is 37.5 Å². The number of allylic oxidation sites excluding steroid dienone is 1. The molecule has 4 heteroatoms. The second-order valence-electron chi connectivity index (χ2n) is 5.71. The van der Waals surface area contributed by atoms with Gasteiger partial charge in [0.1, 0.15) is 0 Å². The summed E-state index contributed by atoms with van der Waals surface area (Å²) in [6.07, 6.45) is 6.11. The molecule has 0 aromatic heterocycles. The Bertz CT molecular complexity index is 673. The fourth-order valence-electron chi connectivity index (χ4n) is 3.16. The first kappa shape index (κ1) is 13.6. The maximum absolute atomic E-state index is 12.7. The van der Waals surface area contributed by atoms with Crippen LogP contribution in [0, 0.1) is 12.3 Å². The monoisotopic (exact) mass is 289 g/mol. The molecule has 0 amide bonds. The number of rotatable bonds is 3. The van der Waals surface area contributed by atoms with Crippen LogP contribution in [-0.4, -0.2) is 25.8 Å². The molecule has 1 aliphatic heterocycles. The predicted octanol–water partition coefficient (Wildman–Crippen LogP) is 2.89. The standard InChI is InChI=1S/C16H19NO2S/c1-3-16-10-4-5-14(16)11-17(12-16)20(18,19)15-8-6-13(2)7-9-15/h3,5-9H,1,4,10-12H2,2H3. The Hall–Kier alpha value is -1.39. The first-order chi connectivity index (χ1) is 9.48. The first-order valence-corrected chi connectivity index (χ1v) is 8.32. The van der Waals surface area contributed by atoms with Crippen LogP contribution in [-0.2, 0) is 10.0 Å². The molecule has 1 atom stereocenters. The lowest BCUT2D eigenvalue weighted by molar-refractivity contribution is 0.400. The minimum absolute atomic E-state index is 0.127. The topological polar surface area (TPSA) is 37.4 Å². The van der Waals surface area contributed by atoms with Crippen LogP contribution in [0.2, 0.25) is 0 Å². The average molecular weight is 289 g/mol. The quantitative estimate of drug-likeness (QED) is 0.802. The van der Waals surface area contributed by atoms with Crippen LogP contribution >= 0.6 is 0 Å². The molecule has 3 nitrogen and oxygen atoms in total. The SMILES string of the molecule is C=CC12CCC=C1CN(S(=O)(=O)c1ccc(C)cc1)C2. The second-order valence-corrected chi connectivity index (χ2v) is 7.65. The fraction of sp³-hybridized carbons (Fsp3) is 0.375. The molecule has 1 aliphatic carbocycles. The highest BCUT2D eigenvalue weighted by Crippen LogP contribution is 2.46. The van der Waals surface area contributed by atoms with Gasteiger partial charge >= 0.3 is 0 Å². The van der Waals surface area contributed by atoms with Crippen molar-refractivity contribution in [3.05, 3.63) is 54.1 Å². The minimum Gasteiger partial charge on any atom is -0.207 e. The van der Waals surface area contributed by atoms with Gasteiger partial charge < -0.3 is 0 Å². The van der Waals surface area contributed by atoms with Crippen molar-refractivity contribution < 1.29 is 8.42 Å². The second kappa shape index (κ2) is 4.57. The Labute approximate surface area is 120 Å². The molecule has 2 aliphatic rings. The lowest BCUT2D eigenvalue weighted by atomic mass is 9.84. The van der Waals surface area contributed by atoms with E-state index in [9.17, 15) is 8.42 Å².